The van der Waals surface area contributed by atoms with Crippen molar-refractivity contribution in [3.63, 3.8) is 0 Å². The molecule has 0 amide bonds. The van der Waals surface area contributed by atoms with Crippen molar-refractivity contribution in [3.8, 4) is 5.75 Å². The van der Waals surface area contributed by atoms with Gasteiger partial charge >= 0.3 is 5.63 Å². The molecule has 1 aliphatic rings. The van der Waals surface area contributed by atoms with Gasteiger partial charge in [0, 0.05) is 17.0 Å². The summed E-state index contributed by atoms with van der Waals surface area (Å²) in [5, 5.41) is 1.47. The molecule has 0 radical (unpaired) electrons. The number of rotatable bonds is 3. The smallest absolute Gasteiger partial charge is 0.339 e. The van der Waals surface area contributed by atoms with Crippen molar-refractivity contribution >= 4 is 22.6 Å². The average Bonchev–Trinajstić information content (AvgIpc) is 3.06. The van der Waals surface area contributed by atoms with Crippen LogP contribution in [0.1, 0.15) is 28.7 Å². The Balaban J connectivity index is 1.69. The molecule has 0 unspecified atom stereocenters. The second-order valence-corrected chi connectivity index (χ2v) is 6.66. The zero-order valence-corrected chi connectivity index (χ0v) is 14.2. The minimum atomic E-state index is -0.234. The van der Waals surface area contributed by atoms with Gasteiger partial charge in [-0.05, 0) is 43.4 Å². The average molecular weight is 341 g/mol. The Labute approximate surface area is 144 Å². The summed E-state index contributed by atoms with van der Waals surface area (Å²) in [4.78, 5) is 12.1. The lowest BCUT2D eigenvalue weighted by atomic mass is 10.1. The Morgan fingerprint density at radius 2 is 1.88 bits per heavy atom. The van der Waals surface area contributed by atoms with Crippen LogP contribution in [0, 0.1) is 6.92 Å². The van der Waals surface area contributed by atoms with Crippen molar-refractivity contribution in [1.29, 1.82) is 0 Å². The topological polar surface area (TPSA) is 39.4 Å². The third-order valence-electron chi connectivity index (χ3n) is 4.54. The Bertz CT molecular complexity index is 971. The van der Waals surface area contributed by atoms with Crippen molar-refractivity contribution in [3.05, 3.63) is 74.1 Å². The van der Waals surface area contributed by atoms with Gasteiger partial charge in [0.2, 0.25) is 0 Å². The van der Waals surface area contributed by atoms with Crippen LogP contribution in [0.3, 0.4) is 0 Å². The van der Waals surface area contributed by atoms with Gasteiger partial charge in [0.1, 0.15) is 17.9 Å². The molecule has 0 fully saturated rings. The first-order chi connectivity index (χ1) is 11.6. The molecule has 3 aromatic rings. The van der Waals surface area contributed by atoms with Crippen molar-refractivity contribution in [2.75, 3.05) is 0 Å². The van der Waals surface area contributed by atoms with Gasteiger partial charge in [-0.1, -0.05) is 41.4 Å². The monoisotopic (exact) mass is 340 g/mol. The predicted molar refractivity (Wildman–Crippen MR) is 95.0 cm³/mol. The number of benzene rings is 2. The van der Waals surface area contributed by atoms with E-state index < -0.39 is 0 Å². The van der Waals surface area contributed by atoms with Gasteiger partial charge in [-0.25, -0.2) is 4.79 Å². The maximum Gasteiger partial charge on any atom is 0.339 e. The number of hydrogen-bond acceptors (Lipinski definition) is 3. The number of fused-ring (bicyclic) bond motifs is 3. The summed E-state index contributed by atoms with van der Waals surface area (Å²) in [7, 11) is 0. The molecule has 0 N–H and O–H groups in total. The minimum Gasteiger partial charge on any atom is -0.487 e. The Morgan fingerprint density at radius 1 is 1.12 bits per heavy atom. The maximum absolute atomic E-state index is 12.1. The molecular formula is C20H17ClO3. The number of hydrogen-bond donors (Lipinski definition) is 0. The summed E-state index contributed by atoms with van der Waals surface area (Å²) in [5.41, 5.74) is 4.45. The molecule has 1 heterocycles. The van der Waals surface area contributed by atoms with E-state index in [9.17, 15) is 4.79 Å². The summed E-state index contributed by atoms with van der Waals surface area (Å²) in [5.74, 6) is 0.533. The molecule has 24 heavy (non-hydrogen) atoms. The van der Waals surface area contributed by atoms with Gasteiger partial charge < -0.3 is 9.15 Å². The third kappa shape index (κ3) is 2.69. The number of aryl methyl sites for hydroxylation is 2. The Kier molecular flexibility index (Phi) is 3.81. The number of ether oxygens (including phenoxy) is 1. The van der Waals surface area contributed by atoms with Crippen LogP contribution in [0.15, 0.2) is 45.6 Å². The van der Waals surface area contributed by atoms with Gasteiger partial charge in [-0.2, -0.15) is 0 Å². The van der Waals surface area contributed by atoms with E-state index >= 15 is 0 Å². The lowest BCUT2D eigenvalue weighted by Gasteiger charge is -2.11. The van der Waals surface area contributed by atoms with Gasteiger partial charge in [0.05, 0.1) is 5.02 Å². The lowest BCUT2D eigenvalue weighted by Crippen LogP contribution is -2.07. The van der Waals surface area contributed by atoms with E-state index in [0.29, 0.717) is 23.0 Å². The van der Waals surface area contributed by atoms with E-state index in [1.54, 1.807) is 6.07 Å². The minimum absolute atomic E-state index is 0.234. The summed E-state index contributed by atoms with van der Waals surface area (Å²) >= 11 is 6.39. The summed E-state index contributed by atoms with van der Waals surface area (Å²) in [6, 6.07) is 11.7. The molecule has 122 valence electrons. The largest absolute Gasteiger partial charge is 0.487 e. The molecule has 1 aromatic heterocycles. The Morgan fingerprint density at radius 3 is 2.67 bits per heavy atom. The SMILES string of the molecule is Cc1ccc(COc2cc3oc(=O)c4c(c3cc2Cl)CCC4)cc1. The fraction of sp³-hybridized carbons (Fsp3) is 0.250. The van der Waals surface area contributed by atoms with Gasteiger partial charge in [0.25, 0.3) is 0 Å². The molecule has 1 aliphatic carbocycles. The second-order valence-electron chi connectivity index (χ2n) is 6.25. The highest BCUT2D eigenvalue weighted by atomic mass is 35.5. The van der Waals surface area contributed by atoms with Crippen LogP contribution in [0.2, 0.25) is 5.02 Å². The van der Waals surface area contributed by atoms with E-state index in [4.69, 9.17) is 20.8 Å². The van der Waals surface area contributed by atoms with Crippen LogP contribution in [0.5, 0.6) is 5.75 Å². The van der Waals surface area contributed by atoms with E-state index in [-0.39, 0.29) is 5.63 Å². The summed E-state index contributed by atoms with van der Waals surface area (Å²) in [6.07, 6.45) is 2.68. The van der Waals surface area contributed by atoms with E-state index in [1.807, 2.05) is 37.3 Å². The normalized spacial score (nSPS) is 13.2. The highest BCUT2D eigenvalue weighted by Crippen LogP contribution is 2.35. The summed E-state index contributed by atoms with van der Waals surface area (Å²) < 4.78 is 11.3. The molecular weight excluding hydrogens is 324 g/mol. The van der Waals surface area contributed by atoms with Crippen LogP contribution in [-0.4, -0.2) is 0 Å². The quantitative estimate of drug-likeness (QED) is 0.641. The van der Waals surface area contributed by atoms with Crippen molar-refractivity contribution in [1.82, 2.24) is 0 Å². The third-order valence-corrected chi connectivity index (χ3v) is 4.84. The highest BCUT2D eigenvalue weighted by Gasteiger charge is 2.20. The molecule has 0 saturated heterocycles. The molecule has 0 aliphatic heterocycles. The first-order valence-electron chi connectivity index (χ1n) is 8.08. The molecule has 2 aromatic carbocycles. The zero-order chi connectivity index (χ0) is 16.7. The predicted octanol–water partition coefficient (Wildman–Crippen LogP) is 4.82. The first-order valence-corrected chi connectivity index (χ1v) is 8.46. The van der Waals surface area contributed by atoms with Crippen molar-refractivity contribution in [2.24, 2.45) is 0 Å². The molecule has 0 saturated carbocycles. The van der Waals surface area contributed by atoms with E-state index in [1.165, 1.54) is 5.56 Å². The molecule has 0 atom stereocenters. The van der Waals surface area contributed by atoms with Gasteiger partial charge in [-0.3, -0.25) is 0 Å². The summed E-state index contributed by atoms with van der Waals surface area (Å²) in [6.45, 7) is 2.46. The molecule has 4 heteroatoms. The van der Waals surface area contributed by atoms with Crippen LogP contribution in [0.4, 0.5) is 0 Å². The first kappa shape index (κ1) is 15.3. The number of halogens is 1. The zero-order valence-electron chi connectivity index (χ0n) is 13.4. The molecule has 4 rings (SSSR count). The fourth-order valence-electron chi connectivity index (χ4n) is 3.24. The van der Waals surface area contributed by atoms with Crippen LogP contribution in [-0.2, 0) is 19.4 Å². The van der Waals surface area contributed by atoms with Gasteiger partial charge in [0.15, 0.2) is 0 Å². The second kappa shape index (κ2) is 5.99. The molecule has 0 bridgehead atoms. The standard InChI is InChI=1S/C20H17ClO3/c1-12-5-7-13(8-6-12)11-23-19-10-18-16(9-17(19)21)14-3-2-4-15(14)20(22)24-18/h5-10H,2-4,11H2,1H3. The van der Waals surface area contributed by atoms with E-state index in [0.717, 1.165) is 41.3 Å². The van der Waals surface area contributed by atoms with Crippen LogP contribution in [0.25, 0.3) is 11.0 Å². The highest BCUT2D eigenvalue weighted by molar-refractivity contribution is 6.32. The van der Waals surface area contributed by atoms with E-state index in [2.05, 4.69) is 0 Å². The van der Waals surface area contributed by atoms with Crippen molar-refractivity contribution in [2.45, 2.75) is 32.8 Å². The van der Waals surface area contributed by atoms with Crippen LogP contribution >= 0.6 is 11.6 Å². The van der Waals surface area contributed by atoms with Gasteiger partial charge in [-0.15, -0.1) is 0 Å². The maximum atomic E-state index is 12.1. The van der Waals surface area contributed by atoms with Crippen molar-refractivity contribution < 1.29 is 9.15 Å². The fourth-order valence-corrected chi connectivity index (χ4v) is 3.46. The Hall–Kier alpha value is -2.26. The lowest BCUT2D eigenvalue weighted by molar-refractivity contribution is 0.306. The molecule has 0 spiro atoms. The molecule has 3 nitrogen and oxygen atoms in total. The van der Waals surface area contributed by atoms with Crippen LogP contribution < -0.4 is 10.4 Å².